The summed E-state index contributed by atoms with van der Waals surface area (Å²) in [5.74, 6) is 0. The number of alkyl halides is 6. The number of unbranched alkanes of at least 4 members (excludes halogenated alkanes) is 1. The monoisotopic (exact) mass is 380 g/mol. The van der Waals surface area contributed by atoms with Gasteiger partial charge in [-0.2, -0.15) is 26.3 Å². The van der Waals surface area contributed by atoms with Crippen molar-refractivity contribution in [2.45, 2.75) is 37.8 Å². The van der Waals surface area contributed by atoms with Crippen molar-refractivity contribution in [1.82, 2.24) is 20.7 Å². The number of ether oxygens (including phenoxy) is 1. The lowest BCUT2D eigenvalue weighted by Crippen LogP contribution is -2.78. The Labute approximate surface area is 141 Å². The zero-order valence-electron chi connectivity index (χ0n) is 13.9. The summed E-state index contributed by atoms with van der Waals surface area (Å²) in [7, 11) is 1.70. The number of nitrogens with zero attached hydrogens (tertiary/aromatic N) is 2. The summed E-state index contributed by atoms with van der Waals surface area (Å²) >= 11 is 0. The van der Waals surface area contributed by atoms with E-state index in [4.69, 9.17) is 0 Å². The number of carbonyl (C=O) groups is 1. The smallest absolute Gasteiger partial charge is 0.435 e. The molecule has 0 bridgehead atoms. The number of piperazine rings is 1. The van der Waals surface area contributed by atoms with Gasteiger partial charge in [0.2, 0.25) is 0 Å². The fraction of sp³-hybridized carbons (Fsp3) is 0.923. The van der Waals surface area contributed by atoms with Crippen molar-refractivity contribution in [2.75, 3.05) is 39.8 Å². The number of amides is 1. The predicted octanol–water partition coefficient (Wildman–Crippen LogP) is 2.09. The van der Waals surface area contributed by atoms with Crippen molar-refractivity contribution in [2.24, 2.45) is 0 Å². The molecule has 0 saturated carbocycles. The molecule has 2 N–H and O–H groups in total. The van der Waals surface area contributed by atoms with Gasteiger partial charge in [-0.25, -0.2) is 15.2 Å². The van der Waals surface area contributed by atoms with Crippen molar-refractivity contribution in [1.29, 1.82) is 0 Å². The van der Waals surface area contributed by atoms with Crippen molar-refractivity contribution in [3.63, 3.8) is 0 Å². The van der Waals surface area contributed by atoms with Gasteiger partial charge in [0.05, 0.1) is 6.61 Å². The van der Waals surface area contributed by atoms with Crippen LogP contribution >= 0.6 is 0 Å². The molecule has 1 amide bonds. The van der Waals surface area contributed by atoms with Crippen LogP contribution in [-0.2, 0) is 4.74 Å². The van der Waals surface area contributed by atoms with Gasteiger partial charge in [-0.15, -0.1) is 0 Å². The molecule has 0 atom stereocenters. The van der Waals surface area contributed by atoms with Crippen LogP contribution in [0.2, 0.25) is 0 Å². The number of likely N-dealkylation sites (N-methyl/N-ethyl adjacent to an activating group) is 1. The molecule has 0 aromatic carbocycles. The van der Waals surface area contributed by atoms with Crippen LogP contribution in [0, 0.1) is 0 Å². The molecule has 1 saturated heterocycles. The molecule has 0 aromatic rings. The molecule has 148 valence electrons. The second-order valence-corrected chi connectivity index (χ2v) is 5.76. The number of hydrogen-bond donors (Lipinski definition) is 2. The van der Waals surface area contributed by atoms with Gasteiger partial charge in [0.25, 0.3) is 0 Å². The molecule has 25 heavy (non-hydrogen) atoms. The van der Waals surface area contributed by atoms with Gasteiger partial charge in [0.1, 0.15) is 0 Å². The molecule has 0 unspecified atom stereocenters. The highest BCUT2D eigenvalue weighted by Gasteiger charge is 2.73. The molecular formula is C13H22F6N4O2. The molecule has 1 heterocycles. The summed E-state index contributed by atoms with van der Waals surface area (Å²) in [6.07, 6.45) is -12.6. The summed E-state index contributed by atoms with van der Waals surface area (Å²) < 4.78 is 84.6. The first-order chi connectivity index (χ1) is 11.4. The number of carbonyl (C=O) groups excluding carboxylic acids is 1. The van der Waals surface area contributed by atoms with E-state index in [2.05, 4.69) is 4.74 Å². The first kappa shape index (κ1) is 21.8. The first-order valence-corrected chi connectivity index (χ1v) is 7.72. The van der Waals surface area contributed by atoms with E-state index < -0.39 is 24.1 Å². The van der Waals surface area contributed by atoms with Crippen LogP contribution in [-0.4, -0.2) is 73.9 Å². The largest absolute Gasteiger partial charge is 0.450 e. The Morgan fingerprint density at radius 3 is 2.00 bits per heavy atom. The quantitative estimate of drug-likeness (QED) is 0.420. The minimum absolute atomic E-state index is 0.0724. The van der Waals surface area contributed by atoms with Crippen LogP contribution in [0.25, 0.3) is 0 Å². The second-order valence-electron chi connectivity index (χ2n) is 5.76. The Morgan fingerprint density at radius 1 is 1.04 bits per heavy atom. The fourth-order valence-corrected chi connectivity index (χ4v) is 2.11. The van der Waals surface area contributed by atoms with Gasteiger partial charge >= 0.3 is 24.1 Å². The average molecular weight is 380 g/mol. The van der Waals surface area contributed by atoms with E-state index in [9.17, 15) is 31.1 Å². The van der Waals surface area contributed by atoms with E-state index in [-0.39, 0.29) is 32.8 Å². The summed E-state index contributed by atoms with van der Waals surface area (Å²) in [6, 6.07) is 0. The minimum atomic E-state index is -5.83. The Balaban J connectivity index is 3.01. The van der Waals surface area contributed by atoms with E-state index in [0.29, 0.717) is 12.8 Å². The SMILES string of the molecule is CCCCOC(=O)NC(NN1CCN(C)CC1)(C(F)(F)F)C(F)(F)F. The van der Waals surface area contributed by atoms with Crippen LogP contribution < -0.4 is 10.7 Å². The van der Waals surface area contributed by atoms with E-state index >= 15 is 0 Å². The molecule has 0 aliphatic carbocycles. The van der Waals surface area contributed by atoms with Crippen LogP contribution in [0.1, 0.15) is 19.8 Å². The molecule has 1 aliphatic heterocycles. The third-order valence-corrected chi connectivity index (χ3v) is 3.70. The highest BCUT2D eigenvalue weighted by molar-refractivity contribution is 5.68. The molecule has 1 aliphatic rings. The van der Waals surface area contributed by atoms with E-state index in [1.54, 1.807) is 18.9 Å². The topological polar surface area (TPSA) is 56.8 Å². The van der Waals surface area contributed by atoms with Gasteiger partial charge in [-0.3, -0.25) is 5.32 Å². The Kier molecular flexibility index (Phi) is 7.32. The van der Waals surface area contributed by atoms with Gasteiger partial charge < -0.3 is 9.64 Å². The Morgan fingerprint density at radius 2 is 1.56 bits per heavy atom. The molecule has 1 fully saturated rings. The molecule has 1 rings (SSSR count). The zero-order chi connectivity index (χ0) is 19.3. The lowest BCUT2D eigenvalue weighted by atomic mass is 10.1. The van der Waals surface area contributed by atoms with Crippen molar-refractivity contribution >= 4 is 6.09 Å². The summed E-state index contributed by atoms with van der Waals surface area (Å²) in [4.78, 5) is 13.3. The van der Waals surface area contributed by atoms with Crippen LogP contribution in [0.4, 0.5) is 31.1 Å². The fourth-order valence-electron chi connectivity index (χ4n) is 2.11. The molecule has 0 radical (unpaired) electrons. The van der Waals surface area contributed by atoms with Crippen molar-refractivity contribution in [3.05, 3.63) is 0 Å². The molecule has 0 aromatic heterocycles. The lowest BCUT2D eigenvalue weighted by molar-refractivity contribution is -0.328. The van der Waals surface area contributed by atoms with E-state index in [1.165, 1.54) is 5.43 Å². The highest BCUT2D eigenvalue weighted by Crippen LogP contribution is 2.41. The predicted molar refractivity (Wildman–Crippen MR) is 76.4 cm³/mol. The number of rotatable bonds is 6. The van der Waals surface area contributed by atoms with Crippen molar-refractivity contribution in [3.8, 4) is 0 Å². The number of hydrazine groups is 1. The normalized spacial score (nSPS) is 18.2. The van der Waals surface area contributed by atoms with Gasteiger partial charge in [0.15, 0.2) is 0 Å². The highest BCUT2D eigenvalue weighted by atomic mass is 19.4. The second kappa shape index (κ2) is 8.41. The molecular weight excluding hydrogens is 358 g/mol. The van der Waals surface area contributed by atoms with Crippen LogP contribution in [0.5, 0.6) is 0 Å². The molecule has 0 spiro atoms. The standard InChI is InChI=1S/C13H22F6N4O2/c1-3-4-9-25-10(24)20-11(12(14,15)16,13(17,18)19)21-23-7-5-22(2)6-8-23/h21H,3-9H2,1-2H3,(H,20,24). The summed E-state index contributed by atoms with van der Waals surface area (Å²) in [5, 5.41) is 1.75. The molecule has 12 heteroatoms. The third kappa shape index (κ3) is 5.61. The number of halogens is 6. The maximum absolute atomic E-state index is 13.4. The Bertz CT molecular complexity index is 421. The maximum atomic E-state index is 13.4. The van der Waals surface area contributed by atoms with E-state index in [0.717, 1.165) is 10.3 Å². The van der Waals surface area contributed by atoms with Crippen LogP contribution in [0.3, 0.4) is 0 Å². The zero-order valence-corrected chi connectivity index (χ0v) is 13.9. The minimum Gasteiger partial charge on any atom is -0.450 e. The number of alkyl carbamates (subject to hydrolysis) is 1. The first-order valence-electron chi connectivity index (χ1n) is 7.72. The van der Waals surface area contributed by atoms with Gasteiger partial charge in [-0.05, 0) is 13.5 Å². The van der Waals surface area contributed by atoms with E-state index in [1.807, 2.05) is 0 Å². The Hall–Kier alpha value is -1.27. The van der Waals surface area contributed by atoms with Gasteiger partial charge in [-0.1, -0.05) is 13.3 Å². The molecule has 6 nitrogen and oxygen atoms in total. The average Bonchev–Trinajstić information content (AvgIpc) is 2.46. The number of hydrogen-bond acceptors (Lipinski definition) is 5. The summed E-state index contributed by atoms with van der Waals surface area (Å²) in [6.45, 7) is 1.86. The van der Waals surface area contributed by atoms with Crippen molar-refractivity contribution < 1.29 is 35.9 Å². The number of nitrogens with one attached hydrogen (secondary N) is 2. The van der Waals surface area contributed by atoms with Crippen LogP contribution in [0.15, 0.2) is 0 Å². The van der Waals surface area contributed by atoms with Gasteiger partial charge in [0, 0.05) is 26.2 Å². The maximum Gasteiger partial charge on any atom is 0.435 e. The lowest BCUT2D eigenvalue weighted by Gasteiger charge is -2.43. The summed E-state index contributed by atoms with van der Waals surface area (Å²) in [5.41, 5.74) is -3.19. The third-order valence-electron chi connectivity index (χ3n) is 3.70.